The number of ether oxygens (including phenoxy) is 1. The number of carboxylic acid groups (broad SMARTS) is 2. The van der Waals surface area contributed by atoms with Crippen LogP contribution in [-0.2, 0) is 11.0 Å². The number of benzene rings is 2. The molecule has 2 N–H and O–H groups in total. The van der Waals surface area contributed by atoms with Gasteiger partial charge in [0.25, 0.3) is 0 Å². The first-order valence-corrected chi connectivity index (χ1v) is 6.58. The summed E-state index contributed by atoms with van der Waals surface area (Å²) in [6.07, 6.45) is -4.64. The Kier molecular flexibility index (Phi) is 4.77. The molecule has 0 aliphatic carbocycles. The Balaban J connectivity index is 2.64. The molecular weight excluding hydrogens is 329 g/mol. The van der Waals surface area contributed by atoms with E-state index in [2.05, 4.69) is 0 Å². The lowest BCUT2D eigenvalue weighted by Gasteiger charge is -2.15. The maximum absolute atomic E-state index is 12.9. The number of aromatic carboxylic acids is 1. The van der Waals surface area contributed by atoms with Gasteiger partial charge in [-0.2, -0.15) is 13.2 Å². The molecule has 0 aliphatic heterocycles. The van der Waals surface area contributed by atoms with Crippen LogP contribution < -0.4 is 4.74 Å². The number of rotatable bonds is 5. The Hall–Kier alpha value is -3.03. The molecule has 0 unspecified atom stereocenters. The molecule has 0 bridgehead atoms. The van der Waals surface area contributed by atoms with Crippen molar-refractivity contribution in [1.82, 2.24) is 0 Å². The third-order valence-corrected chi connectivity index (χ3v) is 3.11. The highest BCUT2D eigenvalue weighted by molar-refractivity contribution is 5.97. The van der Waals surface area contributed by atoms with Crippen molar-refractivity contribution in [2.45, 2.75) is 6.18 Å². The Bertz CT molecular complexity index is 784. The van der Waals surface area contributed by atoms with E-state index in [1.54, 1.807) is 0 Å². The quantitative estimate of drug-likeness (QED) is 0.870. The van der Waals surface area contributed by atoms with Gasteiger partial charge in [0.1, 0.15) is 5.75 Å². The summed E-state index contributed by atoms with van der Waals surface area (Å²) in [5.41, 5.74) is -1.38. The third-order valence-electron chi connectivity index (χ3n) is 3.11. The van der Waals surface area contributed by atoms with Crippen LogP contribution in [-0.4, -0.2) is 28.8 Å². The van der Waals surface area contributed by atoms with Gasteiger partial charge in [-0.15, -0.1) is 0 Å². The minimum atomic E-state index is -4.64. The van der Waals surface area contributed by atoms with Gasteiger partial charge in [-0.25, -0.2) is 9.59 Å². The largest absolute Gasteiger partial charge is 0.481 e. The molecule has 0 radical (unpaired) electrons. The number of halogens is 3. The molecule has 0 amide bonds. The normalized spacial score (nSPS) is 11.1. The molecule has 0 saturated heterocycles. The van der Waals surface area contributed by atoms with Gasteiger partial charge in [-0.1, -0.05) is 18.2 Å². The summed E-state index contributed by atoms with van der Waals surface area (Å²) in [5, 5.41) is 17.9. The first-order chi connectivity index (χ1) is 11.2. The SMILES string of the molecule is O=C(O)COc1ccc(C(F)(F)F)cc1-c1ccccc1C(=O)O. The predicted molar refractivity (Wildman–Crippen MR) is 77.0 cm³/mol. The van der Waals surface area contributed by atoms with Crippen LogP contribution in [0.3, 0.4) is 0 Å². The zero-order chi connectivity index (χ0) is 17.9. The molecule has 0 saturated carbocycles. The van der Waals surface area contributed by atoms with Crippen molar-refractivity contribution in [2.24, 2.45) is 0 Å². The number of aliphatic carboxylic acids is 1. The van der Waals surface area contributed by atoms with Crippen molar-refractivity contribution in [3.05, 3.63) is 53.6 Å². The van der Waals surface area contributed by atoms with Crippen LogP contribution in [0.25, 0.3) is 11.1 Å². The van der Waals surface area contributed by atoms with Crippen molar-refractivity contribution in [3.63, 3.8) is 0 Å². The molecule has 0 spiro atoms. The van der Waals surface area contributed by atoms with Gasteiger partial charge in [-0.05, 0) is 29.8 Å². The molecular formula is C16H11F3O5. The standard InChI is InChI=1S/C16H11F3O5/c17-16(18,19)9-5-6-13(24-8-14(20)21)12(7-9)10-3-1-2-4-11(10)15(22)23/h1-7H,8H2,(H,20,21)(H,22,23). The first-order valence-electron chi connectivity index (χ1n) is 6.58. The highest BCUT2D eigenvalue weighted by Crippen LogP contribution is 2.38. The number of hydrogen-bond donors (Lipinski definition) is 2. The smallest absolute Gasteiger partial charge is 0.416 e. The summed E-state index contributed by atoms with van der Waals surface area (Å²) in [6, 6.07) is 7.90. The maximum atomic E-state index is 12.9. The Labute approximate surface area is 133 Å². The molecule has 0 fully saturated rings. The van der Waals surface area contributed by atoms with E-state index in [0.29, 0.717) is 0 Å². The second-order valence-corrected chi connectivity index (χ2v) is 4.74. The average molecular weight is 340 g/mol. The zero-order valence-corrected chi connectivity index (χ0v) is 12.0. The first kappa shape index (κ1) is 17.3. The molecule has 8 heteroatoms. The molecule has 0 aliphatic rings. The number of carboxylic acids is 2. The van der Waals surface area contributed by atoms with E-state index < -0.39 is 30.3 Å². The van der Waals surface area contributed by atoms with Gasteiger partial charge in [0.15, 0.2) is 6.61 Å². The van der Waals surface area contributed by atoms with Crippen LogP contribution in [0.4, 0.5) is 13.2 Å². The second-order valence-electron chi connectivity index (χ2n) is 4.74. The van der Waals surface area contributed by atoms with Crippen LogP contribution in [0, 0.1) is 0 Å². The van der Waals surface area contributed by atoms with E-state index >= 15 is 0 Å². The number of hydrogen-bond acceptors (Lipinski definition) is 3. The third kappa shape index (κ3) is 3.83. The van der Waals surface area contributed by atoms with Crippen molar-refractivity contribution in [2.75, 3.05) is 6.61 Å². The van der Waals surface area contributed by atoms with Crippen molar-refractivity contribution in [1.29, 1.82) is 0 Å². The van der Waals surface area contributed by atoms with Gasteiger partial charge in [-0.3, -0.25) is 0 Å². The summed E-state index contributed by atoms with van der Waals surface area (Å²) < 4.78 is 43.8. The van der Waals surface area contributed by atoms with Gasteiger partial charge in [0.05, 0.1) is 11.1 Å². The fourth-order valence-corrected chi connectivity index (χ4v) is 2.09. The molecule has 2 aromatic rings. The number of carbonyl (C=O) groups is 2. The van der Waals surface area contributed by atoms with E-state index in [9.17, 15) is 27.9 Å². The van der Waals surface area contributed by atoms with E-state index in [0.717, 1.165) is 18.2 Å². The summed E-state index contributed by atoms with van der Waals surface area (Å²) in [4.78, 5) is 21.9. The maximum Gasteiger partial charge on any atom is 0.416 e. The minimum Gasteiger partial charge on any atom is -0.481 e. The van der Waals surface area contributed by atoms with Crippen molar-refractivity contribution >= 4 is 11.9 Å². The Morgan fingerprint density at radius 2 is 1.67 bits per heavy atom. The predicted octanol–water partition coefficient (Wildman–Crippen LogP) is 3.53. The van der Waals surface area contributed by atoms with Crippen molar-refractivity contribution in [3.8, 4) is 16.9 Å². The van der Waals surface area contributed by atoms with E-state index in [1.807, 2.05) is 0 Å². The highest BCUT2D eigenvalue weighted by Gasteiger charge is 2.31. The van der Waals surface area contributed by atoms with E-state index in [-0.39, 0.29) is 22.4 Å². The molecule has 2 rings (SSSR count). The van der Waals surface area contributed by atoms with Gasteiger partial charge >= 0.3 is 18.1 Å². The van der Waals surface area contributed by atoms with Gasteiger partial charge < -0.3 is 14.9 Å². The topological polar surface area (TPSA) is 83.8 Å². The molecule has 126 valence electrons. The summed E-state index contributed by atoms with van der Waals surface area (Å²) >= 11 is 0. The zero-order valence-electron chi connectivity index (χ0n) is 12.0. The molecule has 0 atom stereocenters. The summed E-state index contributed by atoms with van der Waals surface area (Å²) in [5.74, 6) is -2.79. The number of alkyl halides is 3. The molecule has 2 aromatic carbocycles. The Morgan fingerprint density at radius 1 is 1.00 bits per heavy atom. The molecule has 5 nitrogen and oxygen atoms in total. The lowest BCUT2D eigenvalue weighted by atomic mass is 9.97. The van der Waals surface area contributed by atoms with Crippen LogP contribution in [0.5, 0.6) is 5.75 Å². The molecule has 24 heavy (non-hydrogen) atoms. The van der Waals surface area contributed by atoms with Crippen LogP contribution >= 0.6 is 0 Å². The lowest BCUT2D eigenvalue weighted by Crippen LogP contribution is -2.11. The molecule has 0 aromatic heterocycles. The van der Waals surface area contributed by atoms with Crippen LogP contribution in [0.15, 0.2) is 42.5 Å². The fourth-order valence-electron chi connectivity index (χ4n) is 2.09. The highest BCUT2D eigenvalue weighted by atomic mass is 19.4. The average Bonchev–Trinajstić information content (AvgIpc) is 2.51. The monoisotopic (exact) mass is 340 g/mol. The fraction of sp³-hybridized carbons (Fsp3) is 0.125. The van der Waals surface area contributed by atoms with Crippen molar-refractivity contribution < 1.29 is 37.7 Å². The van der Waals surface area contributed by atoms with Crippen LogP contribution in [0.1, 0.15) is 15.9 Å². The Morgan fingerprint density at radius 3 is 2.25 bits per heavy atom. The molecule has 0 heterocycles. The van der Waals surface area contributed by atoms with E-state index in [1.165, 1.54) is 24.3 Å². The van der Waals surface area contributed by atoms with Crippen LogP contribution in [0.2, 0.25) is 0 Å². The van der Waals surface area contributed by atoms with Gasteiger partial charge in [0, 0.05) is 5.56 Å². The van der Waals surface area contributed by atoms with E-state index in [4.69, 9.17) is 9.84 Å². The second kappa shape index (κ2) is 6.61. The summed E-state index contributed by atoms with van der Waals surface area (Å²) in [6.45, 7) is -0.770. The lowest BCUT2D eigenvalue weighted by molar-refractivity contribution is -0.140. The van der Waals surface area contributed by atoms with Gasteiger partial charge in [0.2, 0.25) is 0 Å². The summed E-state index contributed by atoms with van der Waals surface area (Å²) in [7, 11) is 0. The minimum absolute atomic E-state index is 0.00325.